The second-order valence-corrected chi connectivity index (χ2v) is 12.5. The summed E-state index contributed by atoms with van der Waals surface area (Å²) in [5.74, 6) is 3.06. The zero-order chi connectivity index (χ0) is 25.0. The summed E-state index contributed by atoms with van der Waals surface area (Å²) >= 11 is 0. The van der Waals surface area contributed by atoms with Crippen LogP contribution in [0.15, 0.2) is 12.1 Å². The summed E-state index contributed by atoms with van der Waals surface area (Å²) in [6.07, 6.45) is 8.62. The first kappa shape index (κ1) is 25.3. The maximum Gasteiger partial charge on any atom is 0.227 e. The highest BCUT2D eigenvalue weighted by Crippen LogP contribution is 2.36. The van der Waals surface area contributed by atoms with Crippen LogP contribution in [0.5, 0.6) is 11.5 Å². The molecular formula is C26H39N5O4S. The fourth-order valence-electron chi connectivity index (χ4n) is 5.55. The van der Waals surface area contributed by atoms with E-state index < -0.39 is 9.84 Å². The molecule has 3 aliphatic heterocycles. The van der Waals surface area contributed by atoms with Crippen LogP contribution in [0.2, 0.25) is 0 Å². The number of aromatic nitrogens is 2. The van der Waals surface area contributed by atoms with Crippen LogP contribution in [0.3, 0.4) is 0 Å². The SMILES string of the molecule is COc1cc2c(NC3CCCS(=O)(=O)C3)nc(N3CCCC3)nc2cc1OCCCN1CCCCC1. The number of hydrogen-bond donors (Lipinski definition) is 1. The van der Waals surface area contributed by atoms with Gasteiger partial charge in [0.15, 0.2) is 21.3 Å². The Morgan fingerprint density at radius 3 is 2.53 bits per heavy atom. The minimum Gasteiger partial charge on any atom is -0.493 e. The molecule has 9 nitrogen and oxygen atoms in total. The van der Waals surface area contributed by atoms with Crippen LogP contribution >= 0.6 is 0 Å². The molecule has 2 aromatic rings. The Balaban J connectivity index is 1.39. The van der Waals surface area contributed by atoms with Crippen LogP contribution in [0, 0.1) is 0 Å². The first-order valence-corrected chi connectivity index (χ1v) is 15.3. The fraction of sp³-hybridized carbons (Fsp3) is 0.692. The second kappa shape index (κ2) is 11.4. The van der Waals surface area contributed by atoms with Crippen LogP contribution in [0.4, 0.5) is 11.8 Å². The summed E-state index contributed by atoms with van der Waals surface area (Å²) in [6.45, 7) is 5.90. The summed E-state index contributed by atoms with van der Waals surface area (Å²) in [7, 11) is -1.40. The lowest BCUT2D eigenvalue weighted by Gasteiger charge is -2.26. The zero-order valence-corrected chi connectivity index (χ0v) is 22.2. The quantitative estimate of drug-likeness (QED) is 0.501. The standard InChI is InChI=1S/C26H39N5O4S/c1-34-23-17-21-22(18-24(23)35-15-8-12-30-10-3-2-4-11-30)28-26(31-13-5-6-14-31)29-25(21)27-20-9-7-16-36(32,33)19-20/h17-18,20H,2-16,19H2,1H3,(H,27,28,29). The Morgan fingerprint density at radius 2 is 1.78 bits per heavy atom. The van der Waals surface area contributed by atoms with Gasteiger partial charge >= 0.3 is 0 Å². The van der Waals surface area contributed by atoms with Crippen molar-refractivity contribution >= 4 is 32.5 Å². The number of piperidine rings is 1. The molecule has 0 saturated carbocycles. The van der Waals surface area contributed by atoms with E-state index in [4.69, 9.17) is 19.4 Å². The van der Waals surface area contributed by atoms with E-state index in [0.29, 0.717) is 36.3 Å². The van der Waals surface area contributed by atoms with Crippen LogP contribution in [-0.4, -0.2) is 87.3 Å². The third kappa shape index (κ3) is 6.14. The number of fused-ring (bicyclic) bond motifs is 1. The lowest BCUT2D eigenvalue weighted by atomic mass is 10.1. The van der Waals surface area contributed by atoms with Crippen molar-refractivity contribution in [3.05, 3.63) is 12.1 Å². The molecule has 0 bridgehead atoms. The molecule has 1 unspecified atom stereocenters. The number of sulfone groups is 1. The van der Waals surface area contributed by atoms with Crippen LogP contribution in [0.1, 0.15) is 51.4 Å². The number of likely N-dealkylation sites (tertiary alicyclic amines) is 1. The third-order valence-electron chi connectivity index (χ3n) is 7.49. The molecule has 5 rings (SSSR count). The predicted octanol–water partition coefficient (Wildman–Crippen LogP) is 3.48. The Hall–Kier alpha value is -2.33. The Labute approximate surface area is 214 Å². The van der Waals surface area contributed by atoms with Crippen LogP contribution in [-0.2, 0) is 9.84 Å². The lowest BCUT2D eigenvalue weighted by molar-refractivity contribution is 0.203. The van der Waals surface area contributed by atoms with Crippen molar-refractivity contribution in [2.75, 3.05) is 68.2 Å². The molecule has 3 saturated heterocycles. The van der Waals surface area contributed by atoms with E-state index in [1.807, 2.05) is 12.1 Å². The molecule has 0 radical (unpaired) electrons. The number of rotatable bonds is 9. The summed E-state index contributed by atoms with van der Waals surface area (Å²) in [6, 6.07) is 3.70. The summed E-state index contributed by atoms with van der Waals surface area (Å²) < 4.78 is 36.4. The van der Waals surface area contributed by atoms with Gasteiger partial charge in [-0.25, -0.2) is 13.4 Å². The lowest BCUT2D eigenvalue weighted by Crippen LogP contribution is -2.35. The second-order valence-electron chi connectivity index (χ2n) is 10.3. The molecule has 0 spiro atoms. The molecule has 3 aliphatic rings. The molecule has 1 aromatic heterocycles. The maximum absolute atomic E-state index is 12.2. The molecule has 4 heterocycles. The molecular weight excluding hydrogens is 478 g/mol. The van der Waals surface area contributed by atoms with Gasteiger partial charge in [-0.05, 0) is 64.1 Å². The average Bonchev–Trinajstić information content (AvgIpc) is 3.41. The summed E-state index contributed by atoms with van der Waals surface area (Å²) in [5.41, 5.74) is 0.778. The van der Waals surface area contributed by atoms with Gasteiger partial charge in [-0.3, -0.25) is 0 Å². The molecule has 10 heteroatoms. The van der Waals surface area contributed by atoms with Crippen molar-refractivity contribution in [1.82, 2.24) is 14.9 Å². The number of anilines is 2. The molecule has 1 atom stereocenters. The largest absolute Gasteiger partial charge is 0.493 e. The van der Waals surface area contributed by atoms with Gasteiger partial charge in [-0.15, -0.1) is 0 Å². The minimum atomic E-state index is -3.04. The van der Waals surface area contributed by atoms with Gasteiger partial charge in [0.05, 0.1) is 30.7 Å². The number of benzene rings is 1. The van der Waals surface area contributed by atoms with E-state index in [9.17, 15) is 8.42 Å². The fourth-order valence-corrected chi connectivity index (χ4v) is 7.18. The van der Waals surface area contributed by atoms with E-state index in [1.165, 1.54) is 32.4 Å². The van der Waals surface area contributed by atoms with Crippen molar-refractivity contribution < 1.29 is 17.9 Å². The number of hydrogen-bond acceptors (Lipinski definition) is 9. The van der Waals surface area contributed by atoms with Gasteiger partial charge in [-0.1, -0.05) is 6.42 Å². The van der Waals surface area contributed by atoms with Gasteiger partial charge < -0.3 is 24.6 Å². The molecule has 0 aliphatic carbocycles. The first-order chi connectivity index (χ1) is 17.5. The van der Waals surface area contributed by atoms with Gasteiger partial charge in [0.2, 0.25) is 5.95 Å². The van der Waals surface area contributed by atoms with E-state index in [0.717, 1.165) is 56.2 Å². The van der Waals surface area contributed by atoms with E-state index in [-0.39, 0.29) is 17.5 Å². The number of methoxy groups -OCH3 is 1. The highest BCUT2D eigenvalue weighted by atomic mass is 32.2. The average molecular weight is 518 g/mol. The van der Waals surface area contributed by atoms with Crippen molar-refractivity contribution in [2.45, 2.75) is 57.4 Å². The van der Waals surface area contributed by atoms with Gasteiger partial charge in [0.25, 0.3) is 0 Å². The number of nitrogens with one attached hydrogen (secondary N) is 1. The van der Waals surface area contributed by atoms with Crippen LogP contribution < -0.4 is 19.7 Å². The zero-order valence-electron chi connectivity index (χ0n) is 21.4. The normalized spacial score (nSPS) is 22.6. The minimum absolute atomic E-state index is 0.132. The highest BCUT2D eigenvalue weighted by Gasteiger charge is 2.27. The summed E-state index contributed by atoms with van der Waals surface area (Å²) in [4.78, 5) is 14.5. The summed E-state index contributed by atoms with van der Waals surface area (Å²) in [5, 5.41) is 4.26. The maximum atomic E-state index is 12.2. The van der Waals surface area contributed by atoms with Crippen molar-refractivity contribution in [1.29, 1.82) is 0 Å². The number of ether oxygens (including phenoxy) is 2. The Kier molecular flexibility index (Phi) is 8.00. The molecule has 198 valence electrons. The number of nitrogens with zero attached hydrogens (tertiary/aromatic N) is 4. The third-order valence-corrected chi connectivity index (χ3v) is 9.31. The topological polar surface area (TPSA) is 96.9 Å². The smallest absolute Gasteiger partial charge is 0.227 e. The van der Waals surface area contributed by atoms with Gasteiger partial charge in [-0.2, -0.15) is 4.98 Å². The van der Waals surface area contributed by atoms with Crippen molar-refractivity contribution in [2.24, 2.45) is 0 Å². The van der Waals surface area contributed by atoms with Crippen molar-refractivity contribution in [3.8, 4) is 11.5 Å². The van der Waals surface area contributed by atoms with Gasteiger partial charge in [0, 0.05) is 37.1 Å². The molecule has 1 N–H and O–H groups in total. The monoisotopic (exact) mass is 517 g/mol. The molecule has 1 aromatic carbocycles. The van der Waals surface area contributed by atoms with E-state index >= 15 is 0 Å². The van der Waals surface area contributed by atoms with Crippen molar-refractivity contribution in [3.63, 3.8) is 0 Å². The van der Waals surface area contributed by atoms with E-state index in [2.05, 4.69) is 15.1 Å². The highest BCUT2D eigenvalue weighted by molar-refractivity contribution is 7.91. The Bertz CT molecular complexity index is 1150. The molecule has 0 amide bonds. The Morgan fingerprint density at radius 1 is 1.00 bits per heavy atom. The first-order valence-electron chi connectivity index (χ1n) is 13.5. The van der Waals surface area contributed by atoms with E-state index in [1.54, 1.807) is 7.11 Å². The predicted molar refractivity (Wildman–Crippen MR) is 143 cm³/mol. The molecule has 3 fully saturated rings. The molecule has 36 heavy (non-hydrogen) atoms. The van der Waals surface area contributed by atoms with Crippen LogP contribution in [0.25, 0.3) is 10.9 Å². The van der Waals surface area contributed by atoms with Gasteiger partial charge in [0.1, 0.15) is 5.82 Å².